The van der Waals surface area contributed by atoms with Gasteiger partial charge in [-0.25, -0.2) is 0 Å². The number of amides is 2. The van der Waals surface area contributed by atoms with Crippen LogP contribution in [0.4, 0.5) is 0 Å². The number of nitrogens with zero attached hydrogens (tertiary/aromatic N) is 2. The first kappa shape index (κ1) is 13.3. The van der Waals surface area contributed by atoms with E-state index in [1.165, 1.54) is 0 Å². The maximum atomic E-state index is 12.4. The molecule has 2 atom stereocenters. The van der Waals surface area contributed by atoms with Crippen LogP contribution in [-0.4, -0.2) is 60.4 Å². The fourth-order valence-electron chi connectivity index (χ4n) is 2.82. The van der Waals surface area contributed by atoms with Gasteiger partial charge in [-0.2, -0.15) is 0 Å². The fourth-order valence-corrected chi connectivity index (χ4v) is 2.82. The van der Waals surface area contributed by atoms with E-state index < -0.39 is 0 Å². The van der Waals surface area contributed by atoms with Crippen molar-refractivity contribution in [3.63, 3.8) is 0 Å². The van der Waals surface area contributed by atoms with Crippen molar-refractivity contribution in [3.05, 3.63) is 0 Å². The molecular weight excluding hydrogens is 230 g/mol. The van der Waals surface area contributed by atoms with Crippen molar-refractivity contribution in [2.24, 2.45) is 5.92 Å². The third kappa shape index (κ3) is 2.83. The molecule has 2 aliphatic rings. The summed E-state index contributed by atoms with van der Waals surface area (Å²) in [5, 5.41) is 3.33. The van der Waals surface area contributed by atoms with Gasteiger partial charge in [0.15, 0.2) is 0 Å². The molecule has 0 aromatic rings. The number of piperazine rings is 1. The predicted molar refractivity (Wildman–Crippen MR) is 69.0 cm³/mol. The smallest absolute Gasteiger partial charge is 0.240 e. The van der Waals surface area contributed by atoms with E-state index in [2.05, 4.69) is 12.2 Å². The van der Waals surface area contributed by atoms with E-state index in [1.807, 2.05) is 9.80 Å². The van der Waals surface area contributed by atoms with Crippen molar-refractivity contribution in [2.75, 3.05) is 32.7 Å². The normalized spacial score (nSPS) is 29.2. The third-order valence-electron chi connectivity index (χ3n) is 4.07. The zero-order chi connectivity index (χ0) is 13.1. The molecule has 2 amide bonds. The molecule has 0 aromatic heterocycles. The van der Waals surface area contributed by atoms with Crippen LogP contribution in [0, 0.1) is 5.92 Å². The Balaban J connectivity index is 1.88. The number of hydrogen-bond acceptors (Lipinski definition) is 3. The van der Waals surface area contributed by atoms with Crippen LogP contribution in [-0.2, 0) is 9.59 Å². The van der Waals surface area contributed by atoms with Gasteiger partial charge in [0.1, 0.15) is 0 Å². The second-order valence-electron chi connectivity index (χ2n) is 5.38. The molecule has 5 heteroatoms. The summed E-state index contributed by atoms with van der Waals surface area (Å²) in [4.78, 5) is 27.3. The highest BCUT2D eigenvalue weighted by atomic mass is 16.2. The largest absolute Gasteiger partial charge is 0.339 e. The van der Waals surface area contributed by atoms with Gasteiger partial charge in [0.05, 0.1) is 6.04 Å². The van der Waals surface area contributed by atoms with Gasteiger partial charge in [0.25, 0.3) is 0 Å². The van der Waals surface area contributed by atoms with Crippen LogP contribution in [0.2, 0.25) is 0 Å². The Morgan fingerprint density at radius 2 is 1.72 bits per heavy atom. The first-order valence-corrected chi connectivity index (χ1v) is 6.87. The Bertz CT molecular complexity index is 324. The van der Waals surface area contributed by atoms with Gasteiger partial charge in [0.2, 0.25) is 11.8 Å². The van der Waals surface area contributed by atoms with Gasteiger partial charge in [-0.15, -0.1) is 0 Å². The highest BCUT2D eigenvalue weighted by Gasteiger charge is 2.32. The van der Waals surface area contributed by atoms with Gasteiger partial charge in [-0.1, -0.05) is 6.92 Å². The van der Waals surface area contributed by atoms with E-state index in [-0.39, 0.29) is 17.9 Å². The van der Waals surface area contributed by atoms with Gasteiger partial charge in [-0.3, -0.25) is 9.59 Å². The van der Waals surface area contributed by atoms with Crippen LogP contribution in [0.5, 0.6) is 0 Å². The molecule has 0 spiro atoms. The number of carbonyl (C=O) groups excluding carboxylic acids is 2. The number of rotatable bonds is 1. The van der Waals surface area contributed by atoms with Gasteiger partial charge in [-0.05, 0) is 25.3 Å². The van der Waals surface area contributed by atoms with E-state index in [1.54, 1.807) is 6.92 Å². The van der Waals surface area contributed by atoms with Gasteiger partial charge in [0, 0.05) is 33.1 Å². The minimum Gasteiger partial charge on any atom is -0.339 e. The first-order chi connectivity index (χ1) is 8.59. The van der Waals surface area contributed by atoms with Crippen LogP contribution in [0.25, 0.3) is 0 Å². The monoisotopic (exact) mass is 253 g/mol. The van der Waals surface area contributed by atoms with E-state index in [4.69, 9.17) is 0 Å². The van der Waals surface area contributed by atoms with Crippen molar-refractivity contribution >= 4 is 11.8 Å². The highest BCUT2D eigenvalue weighted by molar-refractivity contribution is 5.82. The SMILES string of the molecule is CC(=O)N1CCN(C(=O)C2NCCCC2C)CC1. The maximum Gasteiger partial charge on any atom is 0.240 e. The molecule has 18 heavy (non-hydrogen) atoms. The first-order valence-electron chi connectivity index (χ1n) is 6.87. The summed E-state index contributed by atoms with van der Waals surface area (Å²) in [5.41, 5.74) is 0. The molecule has 2 aliphatic heterocycles. The Labute approximate surface area is 108 Å². The van der Waals surface area contributed by atoms with Gasteiger partial charge >= 0.3 is 0 Å². The Morgan fingerprint density at radius 3 is 2.28 bits per heavy atom. The topological polar surface area (TPSA) is 52.7 Å². The van der Waals surface area contributed by atoms with Crippen LogP contribution in [0.1, 0.15) is 26.7 Å². The Morgan fingerprint density at radius 1 is 1.11 bits per heavy atom. The number of carbonyl (C=O) groups is 2. The van der Waals surface area contributed by atoms with E-state index >= 15 is 0 Å². The molecule has 1 N–H and O–H groups in total. The van der Waals surface area contributed by atoms with Crippen molar-refractivity contribution in [3.8, 4) is 0 Å². The molecule has 0 saturated carbocycles. The molecule has 0 aliphatic carbocycles. The molecule has 2 unspecified atom stereocenters. The fraction of sp³-hybridized carbons (Fsp3) is 0.846. The minimum absolute atomic E-state index is 0.0253. The van der Waals surface area contributed by atoms with Crippen LogP contribution in [0.3, 0.4) is 0 Å². The zero-order valence-electron chi connectivity index (χ0n) is 11.3. The summed E-state index contributed by atoms with van der Waals surface area (Å²) in [5.74, 6) is 0.730. The molecule has 2 fully saturated rings. The van der Waals surface area contributed by atoms with Crippen LogP contribution < -0.4 is 5.32 Å². The number of nitrogens with one attached hydrogen (secondary N) is 1. The molecule has 102 valence electrons. The Kier molecular flexibility index (Phi) is 4.22. The lowest BCUT2D eigenvalue weighted by atomic mass is 9.91. The average Bonchev–Trinajstić information content (AvgIpc) is 2.38. The van der Waals surface area contributed by atoms with E-state index in [9.17, 15) is 9.59 Å². The molecule has 5 nitrogen and oxygen atoms in total. The summed E-state index contributed by atoms with van der Waals surface area (Å²) in [6.07, 6.45) is 2.28. The third-order valence-corrected chi connectivity index (χ3v) is 4.07. The predicted octanol–water partition coefficient (Wildman–Crippen LogP) is 0.0652. The maximum absolute atomic E-state index is 12.4. The van der Waals surface area contributed by atoms with Crippen LogP contribution >= 0.6 is 0 Å². The Hall–Kier alpha value is -1.10. The summed E-state index contributed by atoms with van der Waals surface area (Å²) in [6, 6.07) is -0.0253. The van der Waals surface area contributed by atoms with E-state index in [0.717, 1.165) is 19.4 Å². The van der Waals surface area contributed by atoms with Crippen LogP contribution in [0.15, 0.2) is 0 Å². The molecule has 2 heterocycles. The minimum atomic E-state index is -0.0253. The van der Waals surface area contributed by atoms with Crippen molar-refractivity contribution in [1.29, 1.82) is 0 Å². The molecule has 0 bridgehead atoms. The zero-order valence-corrected chi connectivity index (χ0v) is 11.3. The lowest BCUT2D eigenvalue weighted by Crippen LogP contribution is -2.57. The molecule has 0 aromatic carbocycles. The van der Waals surface area contributed by atoms with E-state index in [0.29, 0.717) is 32.1 Å². The molecule has 0 radical (unpaired) electrons. The molecule has 2 saturated heterocycles. The quantitative estimate of drug-likeness (QED) is 0.719. The summed E-state index contributed by atoms with van der Waals surface area (Å²) in [6.45, 7) is 7.34. The second kappa shape index (κ2) is 5.69. The standard InChI is InChI=1S/C13H23N3O2/c1-10-4-3-5-14-12(10)13(18)16-8-6-15(7-9-16)11(2)17/h10,12,14H,3-9H2,1-2H3. The summed E-state index contributed by atoms with van der Waals surface area (Å²) < 4.78 is 0. The van der Waals surface area contributed by atoms with Crippen molar-refractivity contribution in [2.45, 2.75) is 32.7 Å². The summed E-state index contributed by atoms with van der Waals surface area (Å²) >= 11 is 0. The highest BCUT2D eigenvalue weighted by Crippen LogP contribution is 2.18. The molecular formula is C13H23N3O2. The lowest BCUT2D eigenvalue weighted by Gasteiger charge is -2.38. The number of hydrogen-bond donors (Lipinski definition) is 1. The molecule has 2 rings (SSSR count). The van der Waals surface area contributed by atoms with Crippen molar-refractivity contribution < 1.29 is 9.59 Å². The lowest BCUT2D eigenvalue weighted by molar-refractivity contribution is -0.141. The second-order valence-corrected chi connectivity index (χ2v) is 5.38. The van der Waals surface area contributed by atoms with Crippen molar-refractivity contribution in [1.82, 2.24) is 15.1 Å². The van der Waals surface area contributed by atoms with Gasteiger partial charge < -0.3 is 15.1 Å². The number of piperidine rings is 1. The summed E-state index contributed by atoms with van der Waals surface area (Å²) in [7, 11) is 0. The average molecular weight is 253 g/mol.